The van der Waals surface area contributed by atoms with Gasteiger partial charge in [-0.05, 0) is 61.2 Å². The van der Waals surface area contributed by atoms with Gasteiger partial charge in [-0.2, -0.15) is 0 Å². The average molecular weight is 416 g/mol. The molecule has 5 nitrogen and oxygen atoms in total. The fraction of sp³-hybridized carbons (Fsp3) is 0.231. The number of hydrogen-bond donors (Lipinski definition) is 3. The molecule has 0 bridgehead atoms. The Kier molecular flexibility index (Phi) is 7.44. The average Bonchev–Trinajstić information content (AvgIpc) is 2.79. The molecular weight excluding hydrogens is 386 g/mol. The second-order valence-corrected chi connectivity index (χ2v) is 7.55. The summed E-state index contributed by atoms with van der Waals surface area (Å²) in [6.45, 7) is 6.25. The highest BCUT2D eigenvalue weighted by Gasteiger charge is 2.12. The Bertz CT molecular complexity index is 1030. The van der Waals surface area contributed by atoms with Crippen LogP contribution in [0.4, 0.5) is 11.4 Å². The fourth-order valence-electron chi connectivity index (χ4n) is 3.46. The molecule has 0 saturated carbocycles. The first-order valence-corrected chi connectivity index (χ1v) is 10.6. The van der Waals surface area contributed by atoms with Crippen molar-refractivity contribution in [2.75, 3.05) is 17.2 Å². The van der Waals surface area contributed by atoms with E-state index in [1.807, 2.05) is 56.3 Å². The van der Waals surface area contributed by atoms with Crippen LogP contribution in [0, 0.1) is 6.92 Å². The van der Waals surface area contributed by atoms with Gasteiger partial charge < -0.3 is 16.0 Å². The second-order valence-electron chi connectivity index (χ2n) is 7.55. The summed E-state index contributed by atoms with van der Waals surface area (Å²) in [5.74, 6) is -0.289. The van der Waals surface area contributed by atoms with Gasteiger partial charge in [0.25, 0.3) is 5.91 Å². The maximum absolute atomic E-state index is 12.5. The first-order valence-electron chi connectivity index (χ1n) is 10.6. The van der Waals surface area contributed by atoms with Gasteiger partial charge in [0.15, 0.2) is 0 Å². The monoisotopic (exact) mass is 415 g/mol. The highest BCUT2D eigenvalue weighted by Crippen LogP contribution is 2.21. The predicted octanol–water partition coefficient (Wildman–Crippen LogP) is 5.10. The Morgan fingerprint density at radius 2 is 1.61 bits per heavy atom. The van der Waals surface area contributed by atoms with E-state index in [9.17, 15) is 9.59 Å². The van der Waals surface area contributed by atoms with Crippen molar-refractivity contribution in [3.63, 3.8) is 0 Å². The second kappa shape index (κ2) is 10.4. The van der Waals surface area contributed by atoms with Gasteiger partial charge >= 0.3 is 0 Å². The summed E-state index contributed by atoms with van der Waals surface area (Å²) in [4.78, 5) is 24.9. The molecule has 0 aliphatic heterocycles. The number of anilines is 2. The van der Waals surface area contributed by atoms with Crippen LogP contribution < -0.4 is 16.0 Å². The first kappa shape index (κ1) is 22.1. The van der Waals surface area contributed by atoms with E-state index in [4.69, 9.17) is 0 Å². The summed E-state index contributed by atoms with van der Waals surface area (Å²) in [5.41, 5.74) is 5.57. The van der Waals surface area contributed by atoms with Gasteiger partial charge in [0.05, 0.1) is 12.6 Å². The van der Waals surface area contributed by atoms with Crippen LogP contribution in [0.25, 0.3) is 0 Å². The van der Waals surface area contributed by atoms with Crippen LogP contribution in [0.1, 0.15) is 46.9 Å². The van der Waals surface area contributed by atoms with Gasteiger partial charge in [0.1, 0.15) is 0 Å². The summed E-state index contributed by atoms with van der Waals surface area (Å²) in [6, 6.07) is 22.8. The molecule has 31 heavy (non-hydrogen) atoms. The summed E-state index contributed by atoms with van der Waals surface area (Å²) in [6.07, 6.45) is 0.901. The van der Waals surface area contributed by atoms with E-state index in [-0.39, 0.29) is 24.4 Å². The van der Waals surface area contributed by atoms with Gasteiger partial charge in [-0.3, -0.25) is 9.59 Å². The van der Waals surface area contributed by atoms with Crippen LogP contribution in [0.15, 0.2) is 72.8 Å². The molecule has 1 atom stereocenters. The highest BCUT2D eigenvalue weighted by molar-refractivity contribution is 5.97. The van der Waals surface area contributed by atoms with E-state index in [1.54, 1.807) is 24.3 Å². The molecule has 0 aliphatic rings. The van der Waals surface area contributed by atoms with Crippen LogP contribution in [0.3, 0.4) is 0 Å². The van der Waals surface area contributed by atoms with E-state index >= 15 is 0 Å². The maximum atomic E-state index is 12.5. The molecule has 2 amide bonds. The summed E-state index contributed by atoms with van der Waals surface area (Å²) in [7, 11) is 0. The molecule has 0 saturated heterocycles. The molecular formula is C26H29N3O2. The van der Waals surface area contributed by atoms with Crippen LogP contribution in [0.2, 0.25) is 0 Å². The zero-order chi connectivity index (χ0) is 22.2. The number of hydrogen-bond acceptors (Lipinski definition) is 3. The van der Waals surface area contributed by atoms with Gasteiger partial charge in [0.2, 0.25) is 5.91 Å². The zero-order valence-corrected chi connectivity index (χ0v) is 18.2. The lowest BCUT2D eigenvalue weighted by Crippen LogP contribution is -2.26. The van der Waals surface area contributed by atoms with Crippen molar-refractivity contribution in [2.24, 2.45) is 0 Å². The van der Waals surface area contributed by atoms with Gasteiger partial charge in [-0.15, -0.1) is 0 Å². The number of nitrogens with one attached hydrogen (secondary N) is 3. The maximum Gasteiger partial charge on any atom is 0.251 e. The Labute approximate surface area is 183 Å². The molecule has 3 N–H and O–H groups in total. The summed E-state index contributed by atoms with van der Waals surface area (Å²) in [5, 5.41) is 9.10. The molecule has 0 radical (unpaired) electrons. The lowest BCUT2D eigenvalue weighted by atomic mass is 10.1. The normalized spacial score (nSPS) is 11.5. The van der Waals surface area contributed by atoms with E-state index in [0.717, 1.165) is 23.2 Å². The number of rotatable bonds is 8. The lowest BCUT2D eigenvalue weighted by molar-refractivity contribution is -0.114. The number of para-hydroxylation sites is 1. The summed E-state index contributed by atoms with van der Waals surface area (Å²) < 4.78 is 0. The minimum atomic E-state index is -0.150. The number of aryl methyl sites for hydroxylation is 2. The minimum Gasteiger partial charge on any atom is -0.376 e. The van der Waals surface area contributed by atoms with E-state index < -0.39 is 0 Å². The summed E-state index contributed by atoms with van der Waals surface area (Å²) >= 11 is 0. The Morgan fingerprint density at radius 1 is 0.903 bits per heavy atom. The first-order chi connectivity index (χ1) is 15.0. The van der Waals surface area contributed by atoms with Crippen molar-refractivity contribution in [1.82, 2.24) is 5.32 Å². The molecule has 0 fully saturated rings. The smallest absolute Gasteiger partial charge is 0.251 e. The van der Waals surface area contributed by atoms with Crippen LogP contribution in [-0.2, 0) is 11.2 Å². The van der Waals surface area contributed by atoms with Crippen LogP contribution in [-0.4, -0.2) is 18.4 Å². The van der Waals surface area contributed by atoms with Gasteiger partial charge in [-0.25, -0.2) is 0 Å². The van der Waals surface area contributed by atoms with E-state index in [1.165, 1.54) is 5.56 Å². The third kappa shape index (κ3) is 5.95. The molecule has 0 aliphatic carbocycles. The van der Waals surface area contributed by atoms with Gasteiger partial charge in [-0.1, -0.05) is 55.5 Å². The van der Waals surface area contributed by atoms with Crippen molar-refractivity contribution >= 4 is 23.2 Å². The molecule has 0 spiro atoms. The Balaban J connectivity index is 1.54. The molecule has 5 heteroatoms. The quantitative estimate of drug-likeness (QED) is 0.479. The van der Waals surface area contributed by atoms with Crippen molar-refractivity contribution < 1.29 is 9.59 Å². The zero-order valence-electron chi connectivity index (χ0n) is 18.2. The van der Waals surface area contributed by atoms with Crippen LogP contribution >= 0.6 is 0 Å². The van der Waals surface area contributed by atoms with Gasteiger partial charge in [0, 0.05) is 16.9 Å². The largest absolute Gasteiger partial charge is 0.376 e. The number of carbonyl (C=O) groups excluding carboxylic acids is 2. The third-order valence-corrected chi connectivity index (χ3v) is 5.24. The van der Waals surface area contributed by atoms with Crippen molar-refractivity contribution in [2.45, 2.75) is 33.2 Å². The molecule has 1 unspecified atom stereocenters. The molecule has 0 aromatic heterocycles. The van der Waals surface area contributed by atoms with Crippen molar-refractivity contribution in [3.05, 3.63) is 95.1 Å². The van der Waals surface area contributed by atoms with Crippen LogP contribution in [0.5, 0.6) is 0 Å². The Hall–Kier alpha value is -3.60. The molecule has 0 heterocycles. The number of benzene rings is 3. The van der Waals surface area contributed by atoms with E-state index in [0.29, 0.717) is 11.3 Å². The molecule has 3 aromatic rings. The molecule has 3 rings (SSSR count). The number of amides is 2. The topological polar surface area (TPSA) is 70.2 Å². The van der Waals surface area contributed by atoms with Crippen molar-refractivity contribution in [3.8, 4) is 0 Å². The molecule has 3 aromatic carbocycles. The predicted molar refractivity (Wildman–Crippen MR) is 126 cm³/mol. The van der Waals surface area contributed by atoms with Crippen molar-refractivity contribution in [1.29, 1.82) is 0 Å². The fourth-order valence-corrected chi connectivity index (χ4v) is 3.46. The standard InChI is InChI=1S/C26H29N3O2/c1-4-20-12-8-9-18(2)25(20)27-17-24(30)29-23-15-13-22(14-16-23)26(31)28-19(3)21-10-6-5-7-11-21/h5-16,19,27H,4,17H2,1-3H3,(H,28,31)(H,29,30). The number of carbonyl (C=O) groups is 2. The SMILES string of the molecule is CCc1cccc(C)c1NCC(=O)Nc1ccc(C(=O)NC(C)c2ccccc2)cc1. The molecule has 160 valence electrons. The highest BCUT2D eigenvalue weighted by atomic mass is 16.2. The Morgan fingerprint density at radius 3 is 2.29 bits per heavy atom. The van der Waals surface area contributed by atoms with E-state index in [2.05, 4.69) is 28.9 Å². The third-order valence-electron chi connectivity index (χ3n) is 5.24. The lowest BCUT2D eigenvalue weighted by Gasteiger charge is -2.15. The minimum absolute atomic E-state index is 0.0893.